The molecular formula is C13H23N3O. The predicted octanol–water partition coefficient (Wildman–Crippen LogP) is 2.10. The summed E-state index contributed by atoms with van der Waals surface area (Å²) in [5.74, 6) is 0. The fourth-order valence-electron chi connectivity index (χ4n) is 1.75. The Morgan fingerprint density at radius 3 is 2.53 bits per heavy atom. The van der Waals surface area contributed by atoms with Gasteiger partial charge in [0, 0.05) is 25.4 Å². The maximum atomic E-state index is 5.85. The summed E-state index contributed by atoms with van der Waals surface area (Å²) in [6, 6.07) is 6.24. The second-order valence-corrected chi connectivity index (χ2v) is 4.26. The first-order valence-corrected chi connectivity index (χ1v) is 6.00. The molecule has 0 aliphatic rings. The molecule has 0 amide bonds. The second kappa shape index (κ2) is 6.35. The van der Waals surface area contributed by atoms with Gasteiger partial charge in [0.15, 0.2) is 0 Å². The van der Waals surface area contributed by atoms with Gasteiger partial charge in [0.25, 0.3) is 0 Å². The number of nitrogen functional groups attached to an aromatic ring is 2. The molecule has 1 unspecified atom stereocenters. The van der Waals surface area contributed by atoms with Gasteiger partial charge >= 0.3 is 0 Å². The van der Waals surface area contributed by atoms with E-state index in [-0.39, 0.29) is 0 Å². The van der Waals surface area contributed by atoms with Gasteiger partial charge in [-0.1, -0.05) is 6.92 Å². The van der Waals surface area contributed by atoms with Gasteiger partial charge in [-0.2, -0.15) is 0 Å². The van der Waals surface area contributed by atoms with E-state index >= 15 is 0 Å². The van der Waals surface area contributed by atoms with Gasteiger partial charge in [-0.25, -0.2) is 0 Å². The monoisotopic (exact) mass is 237 g/mol. The maximum Gasteiger partial charge on any atom is 0.0637 e. The lowest BCUT2D eigenvalue weighted by Gasteiger charge is -2.31. The Morgan fingerprint density at radius 2 is 2.00 bits per heavy atom. The zero-order valence-electron chi connectivity index (χ0n) is 10.9. The third-order valence-electron chi connectivity index (χ3n) is 3.06. The van der Waals surface area contributed by atoms with Gasteiger partial charge in [0.2, 0.25) is 0 Å². The van der Waals surface area contributed by atoms with Crippen LogP contribution in [0.1, 0.15) is 20.3 Å². The molecule has 0 aromatic heterocycles. The Morgan fingerprint density at radius 1 is 1.29 bits per heavy atom. The lowest BCUT2D eigenvalue weighted by Crippen LogP contribution is -2.35. The van der Waals surface area contributed by atoms with Gasteiger partial charge in [-0.15, -0.1) is 0 Å². The van der Waals surface area contributed by atoms with Crippen molar-refractivity contribution in [3.63, 3.8) is 0 Å². The average molecular weight is 237 g/mol. The Hall–Kier alpha value is -1.42. The van der Waals surface area contributed by atoms with Crippen LogP contribution in [0.15, 0.2) is 18.2 Å². The first-order valence-electron chi connectivity index (χ1n) is 6.00. The molecule has 4 heteroatoms. The van der Waals surface area contributed by atoms with Crippen LogP contribution in [-0.4, -0.2) is 26.3 Å². The van der Waals surface area contributed by atoms with Gasteiger partial charge in [-0.3, -0.25) is 0 Å². The minimum absolute atomic E-state index is 0.452. The fraction of sp³-hybridized carbons (Fsp3) is 0.538. The molecule has 0 aliphatic heterocycles. The number of benzene rings is 1. The van der Waals surface area contributed by atoms with E-state index in [9.17, 15) is 0 Å². The van der Waals surface area contributed by atoms with Crippen LogP contribution < -0.4 is 16.4 Å². The molecule has 1 aromatic carbocycles. The molecule has 0 spiro atoms. The highest BCUT2D eigenvalue weighted by Crippen LogP contribution is 2.25. The fourth-order valence-corrected chi connectivity index (χ4v) is 1.75. The van der Waals surface area contributed by atoms with E-state index in [1.807, 2.05) is 18.2 Å². The van der Waals surface area contributed by atoms with E-state index in [4.69, 9.17) is 16.2 Å². The van der Waals surface area contributed by atoms with Crippen molar-refractivity contribution in [2.75, 3.05) is 36.6 Å². The van der Waals surface area contributed by atoms with Crippen molar-refractivity contribution < 1.29 is 4.74 Å². The van der Waals surface area contributed by atoms with Gasteiger partial charge in [0.1, 0.15) is 0 Å². The zero-order chi connectivity index (χ0) is 12.8. The number of ether oxygens (including phenoxy) is 1. The summed E-state index contributed by atoms with van der Waals surface area (Å²) >= 11 is 0. The molecule has 0 radical (unpaired) electrons. The van der Waals surface area contributed by atoms with Gasteiger partial charge in [0.05, 0.1) is 18.0 Å². The largest absolute Gasteiger partial charge is 0.397 e. The van der Waals surface area contributed by atoms with Crippen molar-refractivity contribution in [2.24, 2.45) is 0 Å². The van der Waals surface area contributed by atoms with Crippen LogP contribution in [0.5, 0.6) is 0 Å². The van der Waals surface area contributed by atoms with E-state index in [0.29, 0.717) is 24.0 Å². The molecule has 1 rings (SSSR count). The Bertz CT molecular complexity index is 355. The Labute approximate surface area is 104 Å². The highest BCUT2D eigenvalue weighted by atomic mass is 16.5. The molecule has 0 fully saturated rings. The Balaban J connectivity index is 2.91. The highest BCUT2D eigenvalue weighted by Gasteiger charge is 2.13. The molecule has 96 valence electrons. The smallest absolute Gasteiger partial charge is 0.0637 e. The van der Waals surface area contributed by atoms with Crippen LogP contribution in [0, 0.1) is 0 Å². The highest BCUT2D eigenvalue weighted by molar-refractivity contribution is 5.70. The third kappa shape index (κ3) is 3.53. The van der Waals surface area contributed by atoms with Crippen molar-refractivity contribution in [1.29, 1.82) is 0 Å². The summed E-state index contributed by atoms with van der Waals surface area (Å²) in [6.07, 6.45) is 1.08. The molecular weight excluding hydrogens is 214 g/mol. The normalized spacial score (nSPS) is 12.4. The number of methoxy groups -OCH3 is 1. The minimum atomic E-state index is 0.452. The molecule has 0 saturated carbocycles. The summed E-state index contributed by atoms with van der Waals surface area (Å²) in [7, 11) is 1.71. The van der Waals surface area contributed by atoms with Crippen LogP contribution in [0.4, 0.5) is 17.1 Å². The lowest BCUT2D eigenvalue weighted by atomic mass is 10.1. The molecule has 1 atom stereocenters. The second-order valence-electron chi connectivity index (χ2n) is 4.26. The molecule has 0 aliphatic carbocycles. The predicted molar refractivity (Wildman–Crippen MR) is 74.2 cm³/mol. The quantitative estimate of drug-likeness (QED) is 0.744. The number of hydrogen-bond donors (Lipinski definition) is 2. The summed E-state index contributed by atoms with van der Waals surface area (Å²) < 4.78 is 5.14. The third-order valence-corrected chi connectivity index (χ3v) is 3.06. The molecule has 0 saturated heterocycles. The van der Waals surface area contributed by atoms with Crippen LogP contribution in [0.3, 0.4) is 0 Å². The minimum Gasteiger partial charge on any atom is -0.397 e. The zero-order valence-corrected chi connectivity index (χ0v) is 10.9. The van der Waals surface area contributed by atoms with Crippen molar-refractivity contribution in [3.8, 4) is 0 Å². The number of rotatable bonds is 6. The van der Waals surface area contributed by atoms with Crippen molar-refractivity contribution in [1.82, 2.24) is 0 Å². The van der Waals surface area contributed by atoms with E-state index in [2.05, 4.69) is 18.7 Å². The van der Waals surface area contributed by atoms with E-state index < -0.39 is 0 Å². The maximum absolute atomic E-state index is 5.85. The molecule has 0 bridgehead atoms. The number of hydrogen-bond acceptors (Lipinski definition) is 4. The Kier molecular flexibility index (Phi) is 5.10. The van der Waals surface area contributed by atoms with E-state index in [1.165, 1.54) is 0 Å². The molecule has 4 N–H and O–H groups in total. The number of nitrogens with two attached hydrogens (primary N) is 2. The van der Waals surface area contributed by atoms with Gasteiger partial charge < -0.3 is 21.1 Å². The first-order chi connectivity index (χ1) is 8.10. The van der Waals surface area contributed by atoms with Crippen LogP contribution in [-0.2, 0) is 4.74 Å². The van der Waals surface area contributed by atoms with Gasteiger partial charge in [-0.05, 0) is 31.5 Å². The lowest BCUT2D eigenvalue weighted by molar-refractivity contribution is 0.203. The molecule has 1 aromatic rings. The first kappa shape index (κ1) is 13.6. The van der Waals surface area contributed by atoms with Crippen LogP contribution >= 0.6 is 0 Å². The number of nitrogens with zero attached hydrogens (tertiary/aromatic N) is 1. The summed E-state index contributed by atoms with van der Waals surface area (Å²) in [5.41, 5.74) is 13.9. The summed E-state index contributed by atoms with van der Waals surface area (Å²) in [5, 5.41) is 0. The standard InChI is InChI=1S/C13H23N3O/c1-4-10(2)16(7-8-17-3)11-5-6-12(14)13(15)9-11/h5-6,9-10H,4,7-8,14-15H2,1-3H3. The van der Waals surface area contributed by atoms with E-state index in [0.717, 1.165) is 18.7 Å². The SMILES string of the molecule is CCC(C)N(CCOC)c1ccc(N)c(N)c1. The summed E-state index contributed by atoms with van der Waals surface area (Å²) in [6.45, 7) is 5.93. The van der Waals surface area contributed by atoms with Crippen LogP contribution in [0.25, 0.3) is 0 Å². The molecule has 0 heterocycles. The van der Waals surface area contributed by atoms with Crippen LogP contribution in [0.2, 0.25) is 0 Å². The van der Waals surface area contributed by atoms with Crippen molar-refractivity contribution in [2.45, 2.75) is 26.3 Å². The average Bonchev–Trinajstić information content (AvgIpc) is 2.33. The molecule has 17 heavy (non-hydrogen) atoms. The number of anilines is 3. The van der Waals surface area contributed by atoms with E-state index in [1.54, 1.807) is 7.11 Å². The summed E-state index contributed by atoms with van der Waals surface area (Å²) in [4.78, 5) is 2.29. The molecule has 4 nitrogen and oxygen atoms in total. The topological polar surface area (TPSA) is 64.5 Å². The van der Waals surface area contributed by atoms with Crippen molar-refractivity contribution >= 4 is 17.1 Å². The van der Waals surface area contributed by atoms with Crippen molar-refractivity contribution in [3.05, 3.63) is 18.2 Å².